The van der Waals surface area contributed by atoms with Gasteiger partial charge in [0, 0.05) is 24.4 Å². The van der Waals surface area contributed by atoms with E-state index in [9.17, 15) is 22.4 Å². The maximum Gasteiger partial charge on any atom is 0.340 e. The molecular formula is C22H25FN2O5S2. The maximum atomic E-state index is 13.4. The first-order chi connectivity index (χ1) is 15.3. The quantitative estimate of drug-likeness (QED) is 0.587. The molecule has 172 valence electrons. The normalized spacial score (nSPS) is 16.0. The number of hydrogen-bond acceptors (Lipinski definition) is 6. The van der Waals surface area contributed by atoms with Crippen LogP contribution in [-0.4, -0.2) is 45.4 Å². The van der Waals surface area contributed by atoms with Gasteiger partial charge in [0.25, 0.3) is 10.0 Å². The Labute approximate surface area is 190 Å². The van der Waals surface area contributed by atoms with E-state index in [0.717, 1.165) is 24.2 Å². The Morgan fingerprint density at radius 1 is 1.31 bits per heavy atom. The summed E-state index contributed by atoms with van der Waals surface area (Å²) in [5, 5.41) is 0. The Hall–Kier alpha value is -2.30. The lowest BCUT2D eigenvalue weighted by Crippen LogP contribution is -2.35. The second-order valence-corrected chi connectivity index (χ2v) is 11.2. The van der Waals surface area contributed by atoms with Crippen LogP contribution in [0.3, 0.4) is 0 Å². The molecule has 1 N–H and O–H groups in total. The zero-order chi connectivity index (χ0) is 22.9. The monoisotopic (exact) mass is 480 g/mol. The number of esters is 1. The predicted molar refractivity (Wildman–Crippen MR) is 117 cm³/mol. The predicted octanol–water partition coefficient (Wildman–Crippen LogP) is 2.88. The molecule has 1 aliphatic carbocycles. The first kappa shape index (κ1) is 22.9. The molecule has 2 aromatic rings. The Bertz CT molecular complexity index is 1140. The van der Waals surface area contributed by atoms with Crippen molar-refractivity contribution in [1.82, 2.24) is 9.62 Å². The molecular weight excluding hydrogens is 455 g/mol. The van der Waals surface area contributed by atoms with Gasteiger partial charge in [-0.1, -0.05) is 12.1 Å². The molecule has 1 fully saturated rings. The number of benzene rings is 1. The Morgan fingerprint density at radius 2 is 2.09 bits per heavy atom. The molecule has 0 saturated heterocycles. The van der Waals surface area contributed by atoms with Crippen LogP contribution in [0.5, 0.6) is 0 Å². The van der Waals surface area contributed by atoms with Gasteiger partial charge in [0.05, 0.1) is 19.2 Å². The number of sulfonamides is 1. The van der Waals surface area contributed by atoms with Crippen molar-refractivity contribution < 1.29 is 27.1 Å². The second kappa shape index (κ2) is 9.29. The van der Waals surface area contributed by atoms with Crippen molar-refractivity contribution in [3.05, 3.63) is 51.7 Å². The standard InChI is InChI=1S/C22H25FN2O5S2/c1-30-21(27)20-17-8-10-25(19(26)12-15-5-6-15)13-18(17)31-22(20)32(28,29)24-9-7-14-3-2-4-16(23)11-14/h2-4,11,15,24H,5-10,12-13H2,1H3. The fraction of sp³-hybridized carbons (Fsp3) is 0.455. The van der Waals surface area contributed by atoms with E-state index in [4.69, 9.17) is 4.74 Å². The molecule has 1 aromatic carbocycles. The van der Waals surface area contributed by atoms with E-state index in [1.807, 2.05) is 0 Å². The zero-order valence-electron chi connectivity index (χ0n) is 17.7. The average molecular weight is 481 g/mol. The van der Waals surface area contributed by atoms with Crippen molar-refractivity contribution >= 4 is 33.2 Å². The van der Waals surface area contributed by atoms with Gasteiger partial charge < -0.3 is 9.64 Å². The van der Waals surface area contributed by atoms with Gasteiger partial charge in [0.2, 0.25) is 5.91 Å². The van der Waals surface area contributed by atoms with Gasteiger partial charge in [0.1, 0.15) is 10.0 Å². The lowest BCUT2D eigenvalue weighted by molar-refractivity contribution is -0.132. The number of carbonyl (C=O) groups is 2. The van der Waals surface area contributed by atoms with Gasteiger partial charge in [-0.25, -0.2) is 22.3 Å². The van der Waals surface area contributed by atoms with E-state index >= 15 is 0 Å². The van der Waals surface area contributed by atoms with Gasteiger partial charge in [-0.3, -0.25) is 4.79 Å². The van der Waals surface area contributed by atoms with Gasteiger partial charge in [-0.05, 0) is 54.9 Å². The molecule has 2 heterocycles. The van der Waals surface area contributed by atoms with E-state index in [2.05, 4.69) is 4.72 Å². The van der Waals surface area contributed by atoms with Crippen molar-refractivity contribution in [2.24, 2.45) is 5.92 Å². The summed E-state index contributed by atoms with van der Waals surface area (Å²) < 4.78 is 46.8. The topological polar surface area (TPSA) is 92.8 Å². The molecule has 0 unspecified atom stereocenters. The molecule has 1 aromatic heterocycles. The highest BCUT2D eigenvalue weighted by atomic mass is 32.2. The van der Waals surface area contributed by atoms with Crippen LogP contribution in [0.1, 0.15) is 45.6 Å². The molecule has 1 aliphatic heterocycles. The van der Waals surface area contributed by atoms with Crippen molar-refractivity contribution in [3.8, 4) is 0 Å². The Balaban J connectivity index is 1.53. The molecule has 1 saturated carbocycles. The van der Waals surface area contributed by atoms with Gasteiger partial charge in [-0.2, -0.15) is 0 Å². The second-order valence-electron chi connectivity index (χ2n) is 8.15. The summed E-state index contributed by atoms with van der Waals surface area (Å²) in [6.07, 6.45) is 3.40. The highest BCUT2D eigenvalue weighted by Crippen LogP contribution is 2.38. The van der Waals surface area contributed by atoms with Gasteiger partial charge >= 0.3 is 5.97 Å². The first-order valence-electron chi connectivity index (χ1n) is 10.5. The molecule has 2 aliphatic rings. The van der Waals surface area contributed by atoms with Crippen LogP contribution in [0.4, 0.5) is 4.39 Å². The number of hydrogen-bond donors (Lipinski definition) is 1. The van der Waals surface area contributed by atoms with Crippen molar-refractivity contribution in [3.63, 3.8) is 0 Å². The van der Waals surface area contributed by atoms with Crippen molar-refractivity contribution in [2.45, 2.75) is 42.9 Å². The van der Waals surface area contributed by atoms with Crippen LogP contribution < -0.4 is 4.72 Å². The molecule has 7 nitrogen and oxygen atoms in total. The van der Waals surface area contributed by atoms with Crippen LogP contribution in [0.2, 0.25) is 0 Å². The summed E-state index contributed by atoms with van der Waals surface area (Å²) in [4.78, 5) is 27.4. The molecule has 0 radical (unpaired) electrons. The third-order valence-corrected chi connectivity index (χ3v) is 8.96. The molecule has 32 heavy (non-hydrogen) atoms. The van der Waals surface area contributed by atoms with E-state index in [1.54, 1.807) is 17.0 Å². The number of halogens is 1. The van der Waals surface area contributed by atoms with Crippen LogP contribution in [0.15, 0.2) is 28.5 Å². The highest BCUT2D eigenvalue weighted by Gasteiger charge is 2.35. The van der Waals surface area contributed by atoms with E-state index in [1.165, 1.54) is 19.2 Å². The minimum Gasteiger partial charge on any atom is -0.465 e. The summed E-state index contributed by atoms with van der Waals surface area (Å²) in [5.74, 6) is -0.546. The minimum absolute atomic E-state index is 0.0556. The third-order valence-electron chi connectivity index (χ3n) is 5.77. The molecule has 0 spiro atoms. The summed E-state index contributed by atoms with van der Waals surface area (Å²) in [5.41, 5.74) is 1.36. The molecule has 10 heteroatoms. The maximum absolute atomic E-state index is 13.4. The van der Waals surface area contributed by atoms with Crippen LogP contribution in [0, 0.1) is 11.7 Å². The third kappa shape index (κ3) is 5.02. The lowest BCUT2D eigenvalue weighted by Gasteiger charge is -2.27. The van der Waals surface area contributed by atoms with Crippen molar-refractivity contribution in [1.29, 1.82) is 0 Å². The summed E-state index contributed by atoms with van der Waals surface area (Å²) in [6, 6.07) is 5.96. The summed E-state index contributed by atoms with van der Waals surface area (Å²) in [6.45, 7) is 0.807. The van der Waals surface area contributed by atoms with Crippen LogP contribution >= 0.6 is 11.3 Å². The fourth-order valence-corrected chi connectivity index (χ4v) is 6.85. The van der Waals surface area contributed by atoms with Gasteiger partial charge in [0.15, 0.2) is 0 Å². The van der Waals surface area contributed by atoms with Crippen molar-refractivity contribution in [2.75, 3.05) is 20.2 Å². The Morgan fingerprint density at radius 3 is 2.78 bits per heavy atom. The number of thiophene rings is 1. The minimum atomic E-state index is -4.00. The molecule has 1 amide bonds. The number of carbonyl (C=O) groups excluding carboxylic acids is 2. The SMILES string of the molecule is COC(=O)c1c(S(=O)(=O)NCCc2cccc(F)c2)sc2c1CCN(C(=O)CC1CC1)C2. The van der Waals surface area contributed by atoms with E-state index in [-0.39, 0.29) is 28.0 Å². The van der Waals surface area contributed by atoms with E-state index in [0.29, 0.717) is 54.3 Å². The highest BCUT2D eigenvalue weighted by molar-refractivity contribution is 7.91. The number of nitrogens with one attached hydrogen (secondary N) is 1. The molecule has 4 rings (SSSR count). The summed E-state index contributed by atoms with van der Waals surface area (Å²) >= 11 is 1.01. The zero-order valence-corrected chi connectivity index (χ0v) is 19.4. The number of amides is 1. The Kier molecular flexibility index (Phi) is 6.64. The number of ether oxygens (including phenoxy) is 1. The number of fused-ring (bicyclic) bond motifs is 1. The number of methoxy groups -OCH3 is 1. The van der Waals surface area contributed by atoms with Crippen LogP contribution in [-0.2, 0) is 38.9 Å². The number of rotatable bonds is 8. The lowest BCUT2D eigenvalue weighted by atomic mass is 10.0. The summed E-state index contributed by atoms with van der Waals surface area (Å²) in [7, 11) is -2.78. The molecule has 0 bridgehead atoms. The van der Waals surface area contributed by atoms with E-state index < -0.39 is 16.0 Å². The average Bonchev–Trinajstić information content (AvgIpc) is 3.48. The number of nitrogens with zero attached hydrogens (tertiary/aromatic N) is 1. The van der Waals surface area contributed by atoms with Gasteiger partial charge in [-0.15, -0.1) is 11.3 Å². The fourth-order valence-electron chi connectivity index (χ4n) is 3.87. The first-order valence-corrected chi connectivity index (χ1v) is 12.8. The molecule has 0 atom stereocenters. The smallest absolute Gasteiger partial charge is 0.340 e. The van der Waals surface area contributed by atoms with Crippen LogP contribution in [0.25, 0.3) is 0 Å². The largest absolute Gasteiger partial charge is 0.465 e.